The second-order valence-corrected chi connectivity index (χ2v) is 12.0. The normalized spacial score (nSPS) is 40.3. The number of aliphatic hydroxyl groups is 3. The quantitative estimate of drug-likeness (QED) is 0.400. The van der Waals surface area contributed by atoms with Crippen molar-refractivity contribution >= 4 is 0 Å². The average molecular weight is 449 g/mol. The zero-order valence-corrected chi connectivity index (χ0v) is 20.5. The lowest BCUT2D eigenvalue weighted by molar-refractivity contribution is -0.312. The van der Waals surface area contributed by atoms with Crippen molar-refractivity contribution in [1.82, 2.24) is 0 Å². The first-order valence-electron chi connectivity index (χ1n) is 12.9. The summed E-state index contributed by atoms with van der Waals surface area (Å²) in [5.74, 6) is 1.96. The fourth-order valence-corrected chi connectivity index (χ4v) is 7.39. The van der Waals surface area contributed by atoms with Gasteiger partial charge >= 0.3 is 0 Å². The monoisotopic (exact) mass is 448 g/mol. The molecule has 5 heteroatoms. The molecule has 0 bridgehead atoms. The second kappa shape index (κ2) is 9.50. The van der Waals surface area contributed by atoms with Crippen molar-refractivity contribution in [1.29, 1.82) is 0 Å². The highest BCUT2D eigenvalue weighted by molar-refractivity contribution is 5.33. The molecule has 1 heterocycles. The molecule has 5 nitrogen and oxygen atoms in total. The SMILES string of the molecule is C[C@H](CCCC(C)(C)O)[C@H]1CC[C@H]2/C(=C/[C@H]3OOCC4=C3C[C@@H](O)C[C@@H]4O)CCC[C@]12C. The Kier molecular flexibility index (Phi) is 7.24. The minimum absolute atomic E-state index is 0.288. The summed E-state index contributed by atoms with van der Waals surface area (Å²) in [6, 6.07) is 0. The Bertz CT molecular complexity index is 735. The van der Waals surface area contributed by atoms with Gasteiger partial charge in [0.05, 0.1) is 17.8 Å². The summed E-state index contributed by atoms with van der Waals surface area (Å²) in [4.78, 5) is 11.1. The molecule has 182 valence electrons. The first-order chi connectivity index (χ1) is 15.1. The standard InChI is InChI=1S/C27H44O5/c1-17(7-5-11-26(2,3)30)22-9-10-23-18(8-6-12-27(22,23)4)13-25-20-14-19(28)15-24(29)21(20)16-31-32-25/h13,17,19,22-25,28-30H,5-12,14-16H2,1-4H3/b18-13+/t17-,19-,22-,23+,24+,25-,27-/m1/s1. The van der Waals surface area contributed by atoms with Crippen molar-refractivity contribution in [3.05, 3.63) is 22.8 Å². The van der Waals surface area contributed by atoms with E-state index >= 15 is 0 Å². The van der Waals surface area contributed by atoms with Crippen LogP contribution in [0.4, 0.5) is 0 Å². The van der Waals surface area contributed by atoms with Crippen LogP contribution in [-0.4, -0.2) is 45.8 Å². The average Bonchev–Trinajstić information content (AvgIpc) is 3.05. The summed E-state index contributed by atoms with van der Waals surface area (Å²) in [5, 5.41) is 30.7. The van der Waals surface area contributed by atoms with Crippen LogP contribution < -0.4 is 0 Å². The van der Waals surface area contributed by atoms with Gasteiger partial charge < -0.3 is 15.3 Å². The Morgan fingerprint density at radius 3 is 2.75 bits per heavy atom. The summed E-state index contributed by atoms with van der Waals surface area (Å²) in [7, 11) is 0. The molecule has 0 spiro atoms. The molecule has 4 aliphatic rings. The molecule has 0 aromatic heterocycles. The molecule has 3 aliphatic carbocycles. The molecule has 1 aliphatic heterocycles. The van der Waals surface area contributed by atoms with Gasteiger partial charge in [-0.25, -0.2) is 9.78 Å². The van der Waals surface area contributed by atoms with Gasteiger partial charge in [-0.2, -0.15) is 0 Å². The Hall–Kier alpha value is -0.720. The molecular formula is C27H44O5. The van der Waals surface area contributed by atoms with Gasteiger partial charge in [0.15, 0.2) is 0 Å². The molecule has 7 atom stereocenters. The van der Waals surface area contributed by atoms with Gasteiger partial charge in [-0.1, -0.05) is 32.3 Å². The van der Waals surface area contributed by atoms with E-state index in [0.717, 1.165) is 36.3 Å². The van der Waals surface area contributed by atoms with Crippen LogP contribution in [0.5, 0.6) is 0 Å². The van der Waals surface area contributed by atoms with E-state index in [4.69, 9.17) is 9.78 Å². The van der Waals surface area contributed by atoms with Crippen LogP contribution in [0.15, 0.2) is 22.8 Å². The summed E-state index contributed by atoms with van der Waals surface area (Å²) in [5.41, 5.74) is 3.17. The molecule has 4 rings (SSSR count). The van der Waals surface area contributed by atoms with E-state index in [1.54, 1.807) is 0 Å². The van der Waals surface area contributed by atoms with Crippen LogP contribution in [0.3, 0.4) is 0 Å². The number of rotatable bonds is 6. The first kappa shape index (κ1) is 24.4. The third-order valence-electron chi connectivity index (χ3n) is 9.03. The van der Waals surface area contributed by atoms with E-state index in [1.807, 2.05) is 13.8 Å². The van der Waals surface area contributed by atoms with Gasteiger partial charge in [0.1, 0.15) is 12.7 Å². The number of fused-ring (bicyclic) bond motifs is 1. The van der Waals surface area contributed by atoms with Crippen LogP contribution in [0.1, 0.15) is 91.9 Å². The molecule has 2 saturated carbocycles. The lowest BCUT2D eigenvalue weighted by Gasteiger charge is -2.45. The number of aliphatic hydroxyl groups excluding tert-OH is 2. The highest BCUT2D eigenvalue weighted by atomic mass is 17.2. The molecule has 2 fully saturated rings. The van der Waals surface area contributed by atoms with Gasteiger partial charge in [0.25, 0.3) is 0 Å². The van der Waals surface area contributed by atoms with Gasteiger partial charge in [0, 0.05) is 6.42 Å². The zero-order chi connectivity index (χ0) is 23.1. The molecule has 0 saturated heterocycles. The molecule has 0 amide bonds. The maximum Gasteiger partial charge on any atom is 0.133 e. The van der Waals surface area contributed by atoms with Crippen molar-refractivity contribution < 1.29 is 25.1 Å². The van der Waals surface area contributed by atoms with Crippen LogP contribution >= 0.6 is 0 Å². The van der Waals surface area contributed by atoms with Crippen LogP contribution in [0.25, 0.3) is 0 Å². The summed E-state index contributed by atoms with van der Waals surface area (Å²) in [6.07, 6.45) is 11.0. The molecule has 0 aromatic rings. The van der Waals surface area contributed by atoms with Crippen molar-refractivity contribution in [3.63, 3.8) is 0 Å². The highest BCUT2D eigenvalue weighted by Crippen LogP contribution is 2.60. The largest absolute Gasteiger partial charge is 0.393 e. The van der Waals surface area contributed by atoms with Crippen molar-refractivity contribution in [3.8, 4) is 0 Å². The predicted octanol–water partition coefficient (Wildman–Crippen LogP) is 4.85. The zero-order valence-electron chi connectivity index (χ0n) is 20.5. The molecule has 32 heavy (non-hydrogen) atoms. The predicted molar refractivity (Wildman–Crippen MR) is 125 cm³/mol. The van der Waals surface area contributed by atoms with Gasteiger partial charge in [0.2, 0.25) is 0 Å². The van der Waals surface area contributed by atoms with E-state index in [1.165, 1.54) is 37.7 Å². The smallest absolute Gasteiger partial charge is 0.133 e. The number of hydrogen-bond acceptors (Lipinski definition) is 5. The van der Waals surface area contributed by atoms with E-state index in [2.05, 4.69) is 19.9 Å². The lowest BCUT2D eigenvalue weighted by Crippen LogP contribution is -2.38. The Labute approximate surface area is 193 Å². The van der Waals surface area contributed by atoms with Gasteiger partial charge in [-0.05, 0) is 99.2 Å². The Balaban J connectivity index is 1.49. The van der Waals surface area contributed by atoms with E-state index in [9.17, 15) is 15.3 Å². The molecule has 3 N–H and O–H groups in total. The number of hydrogen-bond donors (Lipinski definition) is 3. The minimum atomic E-state index is -0.629. The fourth-order valence-electron chi connectivity index (χ4n) is 7.39. The number of allylic oxidation sites excluding steroid dienone is 1. The maximum atomic E-state index is 10.4. The lowest BCUT2D eigenvalue weighted by atomic mass is 9.60. The molecule has 0 aromatic carbocycles. The van der Waals surface area contributed by atoms with Crippen LogP contribution in [0.2, 0.25) is 0 Å². The summed E-state index contributed by atoms with van der Waals surface area (Å²) >= 11 is 0. The van der Waals surface area contributed by atoms with Crippen LogP contribution in [0, 0.1) is 23.2 Å². The maximum absolute atomic E-state index is 10.4. The van der Waals surface area contributed by atoms with Gasteiger partial charge in [-0.3, -0.25) is 0 Å². The van der Waals surface area contributed by atoms with E-state index in [0.29, 0.717) is 36.7 Å². The third kappa shape index (κ3) is 5.02. The highest BCUT2D eigenvalue weighted by Gasteiger charge is 2.51. The van der Waals surface area contributed by atoms with Crippen molar-refractivity contribution in [2.24, 2.45) is 23.2 Å². The fraction of sp³-hybridized carbons (Fsp3) is 0.852. The van der Waals surface area contributed by atoms with Crippen molar-refractivity contribution in [2.45, 2.75) is 116 Å². The molecule has 0 unspecified atom stereocenters. The summed E-state index contributed by atoms with van der Waals surface area (Å²) in [6.45, 7) is 9.04. The van der Waals surface area contributed by atoms with E-state index in [-0.39, 0.29) is 6.10 Å². The Morgan fingerprint density at radius 1 is 1.22 bits per heavy atom. The first-order valence-corrected chi connectivity index (χ1v) is 12.9. The van der Waals surface area contributed by atoms with Crippen molar-refractivity contribution in [2.75, 3.05) is 6.61 Å². The minimum Gasteiger partial charge on any atom is -0.393 e. The third-order valence-corrected chi connectivity index (χ3v) is 9.03. The second-order valence-electron chi connectivity index (χ2n) is 12.0. The van der Waals surface area contributed by atoms with E-state index < -0.39 is 17.8 Å². The van der Waals surface area contributed by atoms with Crippen LogP contribution in [-0.2, 0) is 9.78 Å². The Morgan fingerprint density at radius 2 is 2.00 bits per heavy atom. The van der Waals surface area contributed by atoms with Gasteiger partial charge in [-0.15, -0.1) is 0 Å². The summed E-state index contributed by atoms with van der Waals surface area (Å²) < 4.78 is 0. The topological polar surface area (TPSA) is 79.2 Å². The molecule has 0 radical (unpaired) electrons. The molecular weight excluding hydrogens is 404 g/mol.